The van der Waals surface area contributed by atoms with Gasteiger partial charge < -0.3 is 15.1 Å². The van der Waals surface area contributed by atoms with E-state index in [1.165, 1.54) is 11.3 Å². The quantitative estimate of drug-likeness (QED) is 0.529. The van der Waals surface area contributed by atoms with Gasteiger partial charge in [-0.1, -0.05) is 12.1 Å². The zero-order chi connectivity index (χ0) is 20.6. The summed E-state index contributed by atoms with van der Waals surface area (Å²) in [6.07, 6.45) is 4.71. The predicted octanol–water partition coefficient (Wildman–Crippen LogP) is 1.72. The summed E-state index contributed by atoms with van der Waals surface area (Å²) in [5.74, 6) is -0.505. The van der Waals surface area contributed by atoms with Crippen molar-refractivity contribution in [3.63, 3.8) is 0 Å². The highest BCUT2D eigenvalue weighted by Gasteiger charge is 2.52. The van der Waals surface area contributed by atoms with Crippen molar-refractivity contribution in [1.82, 2.24) is 15.7 Å². The van der Waals surface area contributed by atoms with Crippen LogP contribution in [-0.2, 0) is 9.59 Å². The van der Waals surface area contributed by atoms with Crippen LogP contribution < -0.4 is 15.7 Å². The van der Waals surface area contributed by atoms with E-state index in [-0.39, 0.29) is 11.3 Å². The van der Waals surface area contributed by atoms with Crippen LogP contribution in [0.2, 0.25) is 0 Å². The standard InChI is InChI=1S/C22H32N4O3/c1-25(2)17-5-3-4-16(12-17)15-6-10-26(11-7-15)21(28)19-18(20(27)24-29)13-22(8-9-22)14-23-19/h3-5,12,15,18-19,23,29H,6-11,13-14H2,1-2H3,(H,24,27)/t18-,19-/m0/s1. The Morgan fingerprint density at radius 2 is 1.97 bits per heavy atom. The number of carbonyl (C=O) groups excluding carboxylic acids is 2. The fourth-order valence-electron chi connectivity index (χ4n) is 4.96. The Kier molecular flexibility index (Phi) is 5.53. The Labute approximate surface area is 172 Å². The summed E-state index contributed by atoms with van der Waals surface area (Å²) in [4.78, 5) is 29.4. The van der Waals surface area contributed by atoms with E-state index in [9.17, 15) is 9.59 Å². The van der Waals surface area contributed by atoms with E-state index in [1.54, 1.807) is 5.48 Å². The van der Waals surface area contributed by atoms with Gasteiger partial charge in [-0.05, 0) is 61.1 Å². The normalized spacial score (nSPS) is 26.2. The lowest BCUT2D eigenvalue weighted by Gasteiger charge is -2.40. The Hall–Kier alpha value is -2.12. The van der Waals surface area contributed by atoms with E-state index in [0.29, 0.717) is 25.4 Å². The molecule has 1 saturated carbocycles. The molecule has 0 unspecified atom stereocenters. The third kappa shape index (κ3) is 4.12. The van der Waals surface area contributed by atoms with Gasteiger partial charge in [0.05, 0.1) is 12.0 Å². The van der Waals surface area contributed by atoms with E-state index in [4.69, 9.17) is 5.21 Å². The Morgan fingerprint density at radius 3 is 2.59 bits per heavy atom. The minimum absolute atomic E-state index is 0.00501. The first kappa shape index (κ1) is 20.2. The van der Waals surface area contributed by atoms with Gasteiger partial charge in [0.1, 0.15) is 0 Å². The summed E-state index contributed by atoms with van der Waals surface area (Å²) in [7, 11) is 4.09. The number of likely N-dealkylation sites (tertiary alicyclic amines) is 1. The highest BCUT2D eigenvalue weighted by molar-refractivity contribution is 5.90. The van der Waals surface area contributed by atoms with Crippen molar-refractivity contribution < 1.29 is 14.8 Å². The summed E-state index contributed by atoms with van der Waals surface area (Å²) in [6.45, 7) is 2.19. The maximum Gasteiger partial charge on any atom is 0.248 e. The van der Waals surface area contributed by atoms with Crippen LogP contribution in [0.5, 0.6) is 0 Å². The number of hydrogen-bond donors (Lipinski definition) is 3. The van der Waals surface area contributed by atoms with Crippen LogP contribution in [0.15, 0.2) is 24.3 Å². The van der Waals surface area contributed by atoms with E-state index in [0.717, 1.165) is 32.2 Å². The molecule has 0 radical (unpaired) electrons. The van der Waals surface area contributed by atoms with Crippen LogP contribution in [0, 0.1) is 11.3 Å². The minimum atomic E-state index is -0.540. The van der Waals surface area contributed by atoms with Gasteiger partial charge in [-0.2, -0.15) is 0 Å². The van der Waals surface area contributed by atoms with Gasteiger partial charge in [-0.25, -0.2) is 5.48 Å². The Bertz CT molecular complexity index is 769. The first-order chi connectivity index (χ1) is 13.9. The molecule has 0 aromatic heterocycles. The van der Waals surface area contributed by atoms with Gasteiger partial charge in [0.25, 0.3) is 0 Å². The van der Waals surface area contributed by atoms with E-state index < -0.39 is 17.9 Å². The molecule has 158 valence electrons. The number of piperidine rings is 2. The lowest BCUT2D eigenvalue weighted by molar-refractivity contribution is -0.145. The van der Waals surface area contributed by atoms with Gasteiger partial charge in [0.2, 0.25) is 11.8 Å². The fourth-order valence-corrected chi connectivity index (χ4v) is 4.96. The topological polar surface area (TPSA) is 84.9 Å². The van der Waals surface area contributed by atoms with Gasteiger partial charge in [0.15, 0.2) is 0 Å². The average molecular weight is 401 g/mol. The summed E-state index contributed by atoms with van der Waals surface area (Å²) < 4.78 is 0. The fraction of sp³-hybridized carbons (Fsp3) is 0.636. The number of hydroxylamine groups is 1. The number of anilines is 1. The smallest absolute Gasteiger partial charge is 0.248 e. The predicted molar refractivity (Wildman–Crippen MR) is 111 cm³/mol. The third-order valence-electron chi connectivity index (χ3n) is 7.09. The molecule has 3 fully saturated rings. The Morgan fingerprint density at radius 1 is 1.24 bits per heavy atom. The molecular weight excluding hydrogens is 368 g/mol. The van der Waals surface area contributed by atoms with Crippen LogP contribution in [-0.4, -0.2) is 61.7 Å². The monoisotopic (exact) mass is 400 g/mol. The molecule has 0 bridgehead atoms. The second-order valence-corrected chi connectivity index (χ2v) is 9.23. The first-order valence-corrected chi connectivity index (χ1v) is 10.7. The summed E-state index contributed by atoms with van der Waals surface area (Å²) in [5.41, 5.74) is 4.45. The lowest BCUT2D eigenvalue weighted by atomic mass is 9.81. The van der Waals surface area contributed by atoms with Crippen molar-refractivity contribution >= 4 is 17.5 Å². The number of nitrogens with one attached hydrogen (secondary N) is 2. The Balaban J connectivity index is 1.39. The lowest BCUT2D eigenvalue weighted by Crippen LogP contribution is -2.59. The van der Waals surface area contributed by atoms with Gasteiger partial charge >= 0.3 is 0 Å². The first-order valence-electron chi connectivity index (χ1n) is 10.7. The number of rotatable bonds is 4. The van der Waals surface area contributed by atoms with Crippen molar-refractivity contribution in [2.24, 2.45) is 11.3 Å². The maximum absolute atomic E-state index is 13.2. The average Bonchev–Trinajstić information content (AvgIpc) is 3.51. The third-order valence-corrected chi connectivity index (χ3v) is 7.09. The zero-order valence-electron chi connectivity index (χ0n) is 17.4. The molecule has 2 aliphatic heterocycles. The van der Waals surface area contributed by atoms with Gasteiger partial charge in [-0.3, -0.25) is 14.8 Å². The van der Waals surface area contributed by atoms with Crippen molar-refractivity contribution in [3.8, 4) is 0 Å². The minimum Gasteiger partial charge on any atom is -0.378 e. The number of nitrogens with zero attached hydrogens (tertiary/aromatic N) is 2. The van der Waals surface area contributed by atoms with Crippen molar-refractivity contribution in [2.75, 3.05) is 38.6 Å². The molecule has 3 aliphatic rings. The van der Waals surface area contributed by atoms with Crippen LogP contribution in [0.25, 0.3) is 0 Å². The molecule has 2 saturated heterocycles. The molecule has 4 rings (SSSR count). The molecular formula is C22H32N4O3. The van der Waals surface area contributed by atoms with Crippen LogP contribution in [0.4, 0.5) is 5.69 Å². The highest BCUT2D eigenvalue weighted by Crippen LogP contribution is 2.52. The molecule has 1 aromatic carbocycles. The largest absolute Gasteiger partial charge is 0.378 e. The maximum atomic E-state index is 13.2. The van der Waals surface area contributed by atoms with Gasteiger partial charge in [0, 0.05) is 39.4 Å². The second-order valence-electron chi connectivity index (χ2n) is 9.23. The molecule has 1 aliphatic carbocycles. The summed E-state index contributed by atoms with van der Waals surface area (Å²) in [6, 6.07) is 8.08. The number of benzene rings is 1. The SMILES string of the molecule is CN(C)c1cccc(C2CCN(C(=O)[C@H]3NCC4(CC4)C[C@@H]3C(=O)NO)CC2)c1. The highest BCUT2D eigenvalue weighted by atomic mass is 16.5. The molecule has 29 heavy (non-hydrogen) atoms. The van der Waals surface area contributed by atoms with E-state index >= 15 is 0 Å². The molecule has 1 spiro atoms. The molecule has 2 atom stereocenters. The zero-order valence-corrected chi connectivity index (χ0v) is 17.4. The van der Waals surface area contributed by atoms with E-state index in [2.05, 4.69) is 34.5 Å². The van der Waals surface area contributed by atoms with Crippen molar-refractivity contribution in [1.29, 1.82) is 0 Å². The molecule has 1 aromatic rings. The number of hydrogen-bond acceptors (Lipinski definition) is 5. The molecule has 7 nitrogen and oxygen atoms in total. The molecule has 7 heteroatoms. The summed E-state index contributed by atoms with van der Waals surface area (Å²) >= 11 is 0. The van der Waals surface area contributed by atoms with Crippen molar-refractivity contribution in [3.05, 3.63) is 29.8 Å². The second kappa shape index (κ2) is 7.95. The van der Waals surface area contributed by atoms with Crippen LogP contribution >= 0.6 is 0 Å². The van der Waals surface area contributed by atoms with E-state index in [1.807, 2.05) is 19.0 Å². The van der Waals surface area contributed by atoms with Gasteiger partial charge in [-0.15, -0.1) is 0 Å². The van der Waals surface area contributed by atoms with Crippen LogP contribution in [0.3, 0.4) is 0 Å². The molecule has 2 amide bonds. The molecule has 3 N–H and O–H groups in total. The summed E-state index contributed by atoms with van der Waals surface area (Å²) in [5, 5.41) is 12.5. The van der Waals surface area contributed by atoms with Crippen molar-refractivity contribution in [2.45, 2.75) is 44.1 Å². The number of carbonyl (C=O) groups is 2. The number of amides is 2. The van der Waals surface area contributed by atoms with Crippen LogP contribution in [0.1, 0.15) is 43.6 Å². The molecule has 2 heterocycles.